The van der Waals surface area contributed by atoms with Gasteiger partial charge in [-0.05, 0) is 48.9 Å². The number of hydrogen-bond acceptors (Lipinski definition) is 6. The average Bonchev–Trinajstić information content (AvgIpc) is 3.20. The molecule has 0 saturated heterocycles. The smallest absolute Gasteiger partial charge is 0.139 e. The van der Waals surface area contributed by atoms with E-state index in [1.807, 2.05) is 49.4 Å². The second-order valence-electron chi connectivity index (χ2n) is 7.57. The van der Waals surface area contributed by atoms with Gasteiger partial charge in [-0.3, -0.25) is 4.98 Å². The van der Waals surface area contributed by atoms with Crippen molar-refractivity contribution in [3.63, 3.8) is 0 Å². The monoisotopic (exact) mass is 470 g/mol. The van der Waals surface area contributed by atoms with Gasteiger partial charge in [-0.2, -0.15) is 5.26 Å². The third kappa shape index (κ3) is 3.93. The fourth-order valence-electron chi connectivity index (χ4n) is 3.75. The molecule has 7 heteroatoms. The molecule has 0 bridgehead atoms. The van der Waals surface area contributed by atoms with Crippen LogP contribution in [0.15, 0.2) is 66.9 Å². The van der Waals surface area contributed by atoms with Gasteiger partial charge in [0.15, 0.2) is 0 Å². The van der Waals surface area contributed by atoms with Crippen LogP contribution in [-0.2, 0) is 0 Å². The standard InChI is InChI=1S/C26H19ClN4OS/c1-15-10-20(27)22(32-2)12-21(15)31-24-16(13-28)14-29-25-19-11-18(8-9-23(19)33-26(24)25)30-17-6-4-3-5-7-17/h3-12,14,30H,1-2H3,(H,29,31). The molecule has 2 aromatic heterocycles. The number of nitrogens with one attached hydrogen (secondary N) is 2. The summed E-state index contributed by atoms with van der Waals surface area (Å²) in [5.41, 5.74) is 5.83. The summed E-state index contributed by atoms with van der Waals surface area (Å²) in [6, 6.07) is 22.2. The zero-order valence-corrected chi connectivity index (χ0v) is 19.5. The van der Waals surface area contributed by atoms with Crippen molar-refractivity contribution in [1.29, 1.82) is 5.26 Å². The molecule has 5 aromatic rings. The van der Waals surface area contributed by atoms with Crippen molar-refractivity contribution in [2.75, 3.05) is 17.7 Å². The third-order valence-electron chi connectivity index (χ3n) is 5.42. The number of methoxy groups -OCH3 is 1. The summed E-state index contributed by atoms with van der Waals surface area (Å²) >= 11 is 7.88. The first-order chi connectivity index (χ1) is 16.1. The van der Waals surface area contributed by atoms with Crippen LogP contribution in [0, 0.1) is 18.3 Å². The van der Waals surface area contributed by atoms with E-state index in [0.29, 0.717) is 16.3 Å². The van der Waals surface area contributed by atoms with Gasteiger partial charge in [0.25, 0.3) is 0 Å². The maximum atomic E-state index is 9.77. The zero-order chi connectivity index (χ0) is 22.9. The van der Waals surface area contributed by atoms with Crippen LogP contribution in [-0.4, -0.2) is 12.1 Å². The lowest BCUT2D eigenvalue weighted by Crippen LogP contribution is -1.98. The van der Waals surface area contributed by atoms with E-state index in [2.05, 4.69) is 39.9 Å². The Hall–Kier alpha value is -3.79. The number of pyridine rings is 1. The largest absolute Gasteiger partial charge is 0.495 e. The minimum atomic E-state index is 0.477. The summed E-state index contributed by atoms with van der Waals surface area (Å²) in [4.78, 5) is 4.64. The van der Waals surface area contributed by atoms with Crippen LogP contribution < -0.4 is 15.4 Å². The number of rotatable bonds is 5. The molecular weight excluding hydrogens is 452 g/mol. The Morgan fingerprint density at radius 2 is 1.85 bits per heavy atom. The first-order valence-electron chi connectivity index (χ1n) is 10.3. The van der Waals surface area contributed by atoms with Crippen molar-refractivity contribution in [3.05, 3.63) is 83.0 Å². The lowest BCUT2D eigenvalue weighted by molar-refractivity contribution is 0.415. The molecule has 0 unspecified atom stereocenters. The highest BCUT2D eigenvalue weighted by atomic mass is 35.5. The maximum Gasteiger partial charge on any atom is 0.139 e. The molecule has 2 N–H and O–H groups in total. The van der Waals surface area contributed by atoms with Crippen molar-refractivity contribution in [2.24, 2.45) is 0 Å². The molecule has 3 aromatic carbocycles. The summed E-state index contributed by atoms with van der Waals surface area (Å²) in [7, 11) is 1.58. The number of hydrogen-bond donors (Lipinski definition) is 2. The Bertz CT molecular complexity index is 1540. The molecule has 0 spiro atoms. The lowest BCUT2D eigenvalue weighted by atomic mass is 10.1. The molecule has 0 aliphatic rings. The van der Waals surface area contributed by atoms with Crippen LogP contribution >= 0.6 is 22.9 Å². The highest BCUT2D eigenvalue weighted by molar-refractivity contribution is 7.26. The number of anilines is 4. The Balaban J connectivity index is 1.63. The minimum Gasteiger partial charge on any atom is -0.495 e. The minimum absolute atomic E-state index is 0.477. The van der Waals surface area contributed by atoms with Crippen LogP contribution in [0.2, 0.25) is 5.02 Å². The average molecular weight is 471 g/mol. The quantitative estimate of drug-likeness (QED) is 0.274. The summed E-state index contributed by atoms with van der Waals surface area (Å²) in [5.74, 6) is 0.571. The van der Waals surface area contributed by atoms with Crippen LogP contribution in [0.3, 0.4) is 0 Å². The number of thiophene rings is 1. The van der Waals surface area contributed by atoms with E-state index in [0.717, 1.165) is 48.6 Å². The number of benzene rings is 3. The predicted octanol–water partition coefficient (Wildman–Crippen LogP) is 7.78. The topological polar surface area (TPSA) is 70.0 Å². The van der Waals surface area contributed by atoms with Gasteiger partial charge in [-0.15, -0.1) is 11.3 Å². The number of aromatic nitrogens is 1. The SMILES string of the molecule is COc1cc(Nc2c(C#N)cnc3c2sc2ccc(Nc4ccccc4)cc23)c(C)cc1Cl. The number of halogens is 1. The molecule has 0 fully saturated rings. The van der Waals surface area contributed by atoms with Gasteiger partial charge in [-0.1, -0.05) is 29.8 Å². The normalized spacial score (nSPS) is 10.8. The van der Waals surface area contributed by atoms with Gasteiger partial charge in [-0.25, -0.2) is 0 Å². The molecule has 5 rings (SSSR count). The number of ether oxygens (including phenoxy) is 1. The lowest BCUT2D eigenvalue weighted by Gasteiger charge is -2.14. The number of aryl methyl sites for hydroxylation is 1. The number of nitriles is 1. The van der Waals surface area contributed by atoms with Crippen molar-refractivity contribution in [1.82, 2.24) is 4.98 Å². The predicted molar refractivity (Wildman–Crippen MR) is 138 cm³/mol. The summed E-state index contributed by atoms with van der Waals surface area (Å²) < 4.78 is 7.40. The van der Waals surface area contributed by atoms with Gasteiger partial charge < -0.3 is 15.4 Å². The molecule has 0 aliphatic heterocycles. The van der Waals surface area contributed by atoms with Crippen LogP contribution in [0.5, 0.6) is 5.75 Å². The molecular formula is C26H19ClN4OS. The molecule has 162 valence electrons. The van der Waals surface area contributed by atoms with Crippen LogP contribution in [0.1, 0.15) is 11.1 Å². The first kappa shape index (κ1) is 21.1. The van der Waals surface area contributed by atoms with E-state index in [-0.39, 0.29) is 0 Å². The second kappa shape index (κ2) is 8.62. The fourth-order valence-corrected chi connectivity index (χ4v) is 5.19. The van der Waals surface area contributed by atoms with Crippen molar-refractivity contribution >= 4 is 66.0 Å². The Morgan fingerprint density at radius 1 is 1.03 bits per heavy atom. The Morgan fingerprint density at radius 3 is 2.61 bits per heavy atom. The zero-order valence-electron chi connectivity index (χ0n) is 17.9. The highest BCUT2D eigenvalue weighted by Crippen LogP contribution is 2.42. The molecule has 0 atom stereocenters. The fraction of sp³-hybridized carbons (Fsp3) is 0.0769. The van der Waals surface area contributed by atoms with E-state index >= 15 is 0 Å². The van der Waals surface area contributed by atoms with Gasteiger partial charge >= 0.3 is 0 Å². The van der Waals surface area contributed by atoms with Gasteiger partial charge in [0, 0.05) is 39.4 Å². The molecule has 0 aliphatic carbocycles. The van der Waals surface area contributed by atoms with E-state index in [4.69, 9.17) is 16.3 Å². The van der Waals surface area contributed by atoms with Gasteiger partial charge in [0.2, 0.25) is 0 Å². The number of fused-ring (bicyclic) bond motifs is 3. The van der Waals surface area contributed by atoms with Gasteiger partial charge in [0.05, 0.1) is 33.6 Å². The van der Waals surface area contributed by atoms with Crippen molar-refractivity contribution in [3.8, 4) is 11.8 Å². The second-order valence-corrected chi connectivity index (χ2v) is 9.03. The third-order valence-corrected chi connectivity index (χ3v) is 6.90. The Labute approximate surface area is 200 Å². The van der Waals surface area contributed by atoms with Crippen molar-refractivity contribution in [2.45, 2.75) is 6.92 Å². The number of nitrogens with zero attached hydrogens (tertiary/aromatic N) is 2. The van der Waals surface area contributed by atoms with Crippen molar-refractivity contribution < 1.29 is 4.74 Å². The molecule has 5 nitrogen and oxygen atoms in total. The van der Waals surface area contributed by atoms with Crippen LogP contribution in [0.25, 0.3) is 20.3 Å². The molecule has 2 heterocycles. The molecule has 0 radical (unpaired) electrons. The highest BCUT2D eigenvalue weighted by Gasteiger charge is 2.17. The maximum absolute atomic E-state index is 9.77. The summed E-state index contributed by atoms with van der Waals surface area (Å²) in [5, 5.41) is 18.2. The van der Waals surface area contributed by atoms with E-state index in [1.54, 1.807) is 24.6 Å². The number of para-hydroxylation sites is 1. The summed E-state index contributed by atoms with van der Waals surface area (Å²) in [6.45, 7) is 1.96. The van der Waals surface area contributed by atoms with E-state index in [1.165, 1.54) is 0 Å². The first-order valence-corrected chi connectivity index (χ1v) is 11.5. The van der Waals surface area contributed by atoms with Gasteiger partial charge in [0.1, 0.15) is 11.8 Å². The Kier molecular flexibility index (Phi) is 5.51. The van der Waals surface area contributed by atoms with E-state index < -0.39 is 0 Å². The van der Waals surface area contributed by atoms with E-state index in [9.17, 15) is 5.26 Å². The summed E-state index contributed by atoms with van der Waals surface area (Å²) in [6.07, 6.45) is 1.62. The van der Waals surface area contributed by atoms with Crippen LogP contribution in [0.4, 0.5) is 22.7 Å². The molecule has 0 saturated carbocycles. The molecule has 0 amide bonds. The molecule has 33 heavy (non-hydrogen) atoms.